The lowest BCUT2D eigenvalue weighted by atomic mass is 10.2. The van der Waals surface area contributed by atoms with E-state index < -0.39 is 17.7 Å². The second-order valence-corrected chi connectivity index (χ2v) is 5.00. The second kappa shape index (κ2) is 4.96. The molecule has 0 aromatic carbocycles. The number of carbonyl (C=O) groups is 2. The zero-order chi connectivity index (χ0) is 14.0. The summed E-state index contributed by atoms with van der Waals surface area (Å²) >= 11 is 1.20. The topological polar surface area (TPSA) is 93.3 Å². The second-order valence-electron chi connectivity index (χ2n) is 4.18. The van der Waals surface area contributed by atoms with Gasteiger partial charge in [-0.1, -0.05) is 0 Å². The summed E-state index contributed by atoms with van der Waals surface area (Å²) in [5.74, 6) is -2.10. The maximum absolute atomic E-state index is 11.9. The molecule has 0 aliphatic carbocycles. The summed E-state index contributed by atoms with van der Waals surface area (Å²) in [6, 6.07) is 1.67. The Morgan fingerprint density at radius 1 is 1.37 bits per heavy atom. The molecule has 0 unspecified atom stereocenters. The Balaban J connectivity index is 2.32. The number of aromatic amines is 1. The molecular formula is C11H13N3O4S. The largest absolute Gasteiger partial charge is 0.419 e. The van der Waals surface area contributed by atoms with Gasteiger partial charge in [-0.25, -0.2) is 9.59 Å². The highest BCUT2D eigenvalue weighted by Crippen LogP contribution is 2.28. The van der Waals surface area contributed by atoms with E-state index >= 15 is 0 Å². The molecule has 7 nitrogen and oxygen atoms in total. The molecule has 0 spiro atoms. The van der Waals surface area contributed by atoms with Crippen molar-refractivity contribution in [1.29, 1.82) is 0 Å². The van der Waals surface area contributed by atoms with Gasteiger partial charge in [-0.2, -0.15) is 5.10 Å². The van der Waals surface area contributed by atoms with Crippen LogP contribution in [0, 0.1) is 0 Å². The van der Waals surface area contributed by atoms with Gasteiger partial charge in [-0.3, -0.25) is 5.10 Å². The summed E-state index contributed by atoms with van der Waals surface area (Å²) < 4.78 is 10.1. The number of rotatable bonds is 3. The molecule has 1 fully saturated rings. The highest BCUT2D eigenvalue weighted by molar-refractivity contribution is 8.02. The predicted octanol–water partition coefficient (Wildman–Crippen LogP) is 1.23. The highest BCUT2D eigenvalue weighted by atomic mass is 32.2. The Kier molecular flexibility index (Phi) is 3.52. The van der Waals surface area contributed by atoms with Crippen molar-refractivity contribution in [2.24, 2.45) is 0 Å². The Morgan fingerprint density at radius 2 is 2.00 bits per heavy atom. The van der Waals surface area contributed by atoms with E-state index in [1.165, 1.54) is 25.6 Å². The minimum Gasteiger partial charge on any atom is -0.419 e. The molecular weight excluding hydrogens is 270 g/mol. The summed E-state index contributed by atoms with van der Waals surface area (Å²) in [6.45, 7) is 3.00. The van der Waals surface area contributed by atoms with Crippen LogP contribution in [0.2, 0.25) is 0 Å². The minimum absolute atomic E-state index is 0.151. The van der Waals surface area contributed by atoms with Crippen molar-refractivity contribution in [1.82, 2.24) is 10.2 Å². The van der Waals surface area contributed by atoms with Crippen molar-refractivity contribution in [2.75, 3.05) is 11.6 Å². The SMILES string of the molecule is CSC(Nc1ccn[nH]1)=C1C(=O)OC(C)(C)OC1=O. The van der Waals surface area contributed by atoms with Gasteiger partial charge in [-0.15, -0.1) is 11.8 Å². The molecule has 1 aromatic heterocycles. The number of H-pyrrole nitrogens is 1. The van der Waals surface area contributed by atoms with Gasteiger partial charge in [0.25, 0.3) is 5.79 Å². The molecule has 0 radical (unpaired) electrons. The van der Waals surface area contributed by atoms with Crippen LogP contribution in [0.15, 0.2) is 22.9 Å². The molecule has 1 aromatic rings. The Hall–Kier alpha value is -1.96. The molecule has 2 rings (SSSR count). The molecule has 1 aliphatic rings. The van der Waals surface area contributed by atoms with E-state index in [1.807, 2.05) is 0 Å². The van der Waals surface area contributed by atoms with Crippen LogP contribution in [-0.4, -0.2) is 34.2 Å². The third-order valence-corrected chi connectivity index (χ3v) is 2.98. The number of hydrogen-bond acceptors (Lipinski definition) is 7. The van der Waals surface area contributed by atoms with Crippen LogP contribution in [0.3, 0.4) is 0 Å². The smallest absolute Gasteiger partial charge is 0.351 e. The minimum atomic E-state index is -1.24. The van der Waals surface area contributed by atoms with Gasteiger partial charge in [-0.05, 0) is 6.26 Å². The van der Waals surface area contributed by atoms with Gasteiger partial charge < -0.3 is 14.8 Å². The fourth-order valence-corrected chi connectivity index (χ4v) is 2.08. The van der Waals surface area contributed by atoms with Gasteiger partial charge in [0.2, 0.25) is 0 Å². The number of thioether (sulfide) groups is 1. The molecule has 0 atom stereocenters. The lowest BCUT2D eigenvalue weighted by molar-refractivity contribution is -0.222. The van der Waals surface area contributed by atoms with Gasteiger partial charge in [0.05, 0.1) is 11.2 Å². The first-order valence-electron chi connectivity index (χ1n) is 5.44. The average molecular weight is 283 g/mol. The lowest BCUT2D eigenvalue weighted by Gasteiger charge is -2.30. The van der Waals surface area contributed by atoms with Crippen LogP contribution in [0.4, 0.5) is 5.82 Å². The van der Waals surface area contributed by atoms with E-state index in [2.05, 4.69) is 15.5 Å². The lowest BCUT2D eigenvalue weighted by Crippen LogP contribution is -2.42. The molecule has 1 saturated heterocycles. The van der Waals surface area contributed by atoms with E-state index in [-0.39, 0.29) is 5.57 Å². The van der Waals surface area contributed by atoms with Crippen molar-refractivity contribution in [3.8, 4) is 0 Å². The van der Waals surface area contributed by atoms with E-state index in [0.29, 0.717) is 10.8 Å². The third-order valence-electron chi connectivity index (χ3n) is 2.27. The third kappa shape index (κ3) is 2.90. The average Bonchev–Trinajstić information content (AvgIpc) is 2.77. The normalized spacial score (nSPS) is 17.7. The summed E-state index contributed by atoms with van der Waals surface area (Å²) in [7, 11) is 0. The fraction of sp³-hybridized carbons (Fsp3) is 0.364. The first-order chi connectivity index (χ1) is 8.93. The van der Waals surface area contributed by atoms with Crippen molar-refractivity contribution in [2.45, 2.75) is 19.6 Å². The zero-order valence-corrected chi connectivity index (χ0v) is 11.5. The number of esters is 2. The molecule has 0 amide bonds. The summed E-state index contributed by atoms with van der Waals surface area (Å²) in [5.41, 5.74) is -0.151. The first-order valence-corrected chi connectivity index (χ1v) is 6.67. The number of carbonyl (C=O) groups excluding carboxylic acids is 2. The van der Waals surface area contributed by atoms with Crippen molar-refractivity contribution in [3.05, 3.63) is 22.9 Å². The van der Waals surface area contributed by atoms with Crippen LogP contribution in [0.5, 0.6) is 0 Å². The number of aromatic nitrogens is 2. The van der Waals surface area contributed by atoms with Crippen LogP contribution in [0.25, 0.3) is 0 Å². The molecule has 2 N–H and O–H groups in total. The predicted molar refractivity (Wildman–Crippen MR) is 69.0 cm³/mol. The molecule has 2 heterocycles. The summed E-state index contributed by atoms with van der Waals surface area (Å²) in [5, 5.41) is 9.67. The Labute approximate surface area is 113 Å². The van der Waals surface area contributed by atoms with Crippen molar-refractivity contribution < 1.29 is 19.1 Å². The fourth-order valence-electron chi connectivity index (χ4n) is 1.50. The molecule has 0 bridgehead atoms. The number of nitrogens with one attached hydrogen (secondary N) is 2. The monoisotopic (exact) mass is 283 g/mol. The van der Waals surface area contributed by atoms with E-state index in [9.17, 15) is 9.59 Å². The summed E-state index contributed by atoms with van der Waals surface area (Å²) in [4.78, 5) is 23.8. The molecule has 8 heteroatoms. The number of hydrogen-bond donors (Lipinski definition) is 2. The van der Waals surface area contributed by atoms with Crippen LogP contribution in [0.1, 0.15) is 13.8 Å². The maximum Gasteiger partial charge on any atom is 0.351 e. The van der Waals surface area contributed by atoms with E-state index in [1.54, 1.807) is 18.5 Å². The standard InChI is InChI=1S/C11H13N3O4S/c1-11(2)17-9(15)7(10(16)18-11)8(19-3)13-6-4-5-12-14-6/h4-5H,1-3H3,(H2,12,13,14). The summed E-state index contributed by atoms with van der Waals surface area (Å²) in [6.07, 6.45) is 3.28. The number of ether oxygens (including phenoxy) is 2. The molecule has 0 saturated carbocycles. The van der Waals surface area contributed by atoms with Crippen LogP contribution in [-0.2, 0) is 19.1 Å². The van der Waals surface area contributed by atoms with E-state index in [4.69, 9.17) is 9.47 Å². The maximum atomic E-state index is 11.9. The number of anilines is 1. The molecule has 1 aliphatic heterocycles. The Bertz CT molecular complexity index is 514. The molecule has 102 valence electrons. The number of cyclic esters (lactones) is 2. The van der Waals surface area contributed by atoms with Crippen LogP contribution < -0.4 is 5.32 Å². The molecule has 19 heavy (non-hydrogen) atoms. The quantitative estimate of drug-likeness (QED) is 0.489. The highest BCUT2D eigenvalue weighted by Gasteiger charge is 2.41. The first kappa shape index (κ1) is 13.5. The zero-order valence-electron chi connectivity index (χ0n) is 10.6. The van der Waals surface area contributed by atoms with E-state index in [0.717, 1.165) is 0 Å². The van der Waals surface area contributed by atoms with Gasteiger partial charge >= 0.3 is 11.9 Å². The van der Waals surface area contributed by atoms with Gasteiger partial charge in [0, 0.05) is 19.9 Å². The van der Waals surface area contributed by atoms with Crippen LogP contribution >= 0.6 is 11.8 Å². The van der Waals surface area contributed by atoms with Gasteiger partial charge in [0.1, 0.15) is 5.82 Å². The number of nitrogens with zero attached hydrogens (tertiary/aromatic N) is 1. The Morgan fingerprint density at radius 3 is 2.47 bits per heavy atom. The van der Waals surface area contributed by atoms with Crippen molar-refractivity contribution >= 4 is 29.5 Å². The van der Waals surface area contributed by atoms with Crippen molar-refractivity contribution in [3.63, 3.8) is 0 Å². The van der Waals surface area contributed by atoms with Gasteiger partial charge in [0.15, 0.2) is 5.57 Å².